The molecule has 1 fully saturated rings. The molecule has 0 unspecified atom stereocenters. The Balaban J connectivity index is 2.63. The number of nitrogens with zero attached hydrogens (tertiary/aromatic N) is 1. The van der Waals surface area contributed by atoms with Crippen LogP contribution in [0.2, 0.25) is 0 Å². The van der Waals surface area contributed by atoms with Gasteiger partial charge in [0.05, 0.1) is 12.6 Å². The van der Waals surface area contributed by atoms with Crippen LogP contribution in [-0.4, -0.2) is 36.5 Å². The molecule has 4 heteroatoms. The molecule has 0 spiro atoms. The Morgan fingerprint density at radius 3 is 2.92 bits per heavy atom. The maximum Gasteiger partial charge on any atom is 0.410 e. The first kappa shape index (κ1) is 9.03. The molecule has 1 saturated heterocycles. The average Bonchev–Trinajstić information content (AvgIpc) is 2.34. The standard InChI is InChI=1S/C8H13NO3/c1-6(2)7-5-12-8(11)9(7)3-4-10/h4,6-7H,3,5H2,1-2H3/t7-/m1/s1. The van der Waals surface area contributed by atoms with Crippen LogP contribution in [0.4, 0.5) is 4.79 Å². The summed E-state index contributed by atoms with van der Waals surface area (Å²) in [6, 6.07) is 0.0581. The second-order valence-electron chi connectivity index (χ2n) is 3.21. The quantitative estimate of drug-likeness (QED) is 0.586. The third kappa shape index (κ3) is 1.57. The van der Waals surface area contributed by atoms with Gasteiger partial charge < -0.3 is 9.53 Å². The van der Waals surface area contributed by atoms with E-state index in [2.05, 4.69) is 0 Å². The van der Waals surface area contributed by atoms with Gasteiger partial charge in [-0.3, -0.25) is 4.90 Å². The number of carbonyl (C=O) groups is 2. The Morgan fingerprint density at radius 2 is 2.42 bits per heavy atom. The van der Waals surface area contributed by atoms with E-state index in [0.717, 1.165) is 6.29 Å². The molecule has 1 atom stereocenters. The smallest absolute Gasteiger partial charge is 0.410 e. The van der Waals surface area contributed by atoms with Gasteiger partial charge in [-0.2, -0.15) is 0 Å². The number of cyclic esters (lactones) is 1. The van der Waals surface area contributed by atoms with Crippen molar-refractivity contribution in [1.82, 2.24) is 4.90 Å². The highest BCUT2D eigenvalue weighted by Gasteiger charge is 2.34. The molecule has 0 N–H and O–H groups in total. The Bertz CT molecular complexity index is 191. The fourth-order valence-electron chi connectivity index (χ4n) is 1.31. The molecule has 12 heavy (non-hydrogen) atoms. The summed E-state index contributed by atoms with van der Waals surface area (Å²) >= 11 is 0. The molecule has 1 heterocycles. The van der Waals surface area contributed by atoms with Gasteiger partial charge in [0.25, 0.3) is 0 Å². The van der Waals surface area contributed by atoms with Crippen LogP contribution >= 0.6 is 0 Å². The molecule has 4 nitrogen and oxygen atoms in total. The van der Waals surface area contributed by atoms with E-state index in [0.29, 0.717) is 12.5 Å². The molecular weight excluding hydrogens is 158 g/mol. The molecule has 0 bridgehead atoms. The van der Waals surface area contributed by atoms with E-state index in [1.54, 1.807) is 0 Å². The summed E-state index contributed by atoms with van der Waals surface area (Å²) in [5, 5.41) is 0. The van der Waals surface area contributed by atoms with Crippen molar-refractivity contribution in [2.24, 2.45) is 5.92 Å². The van der Waals surface area contributed by atoms with E-state index in [1.807, 2.05) is 13.8 Å². The summed E-state index contributed by atoms with van der Waals surface area (Å²) in [5.41, 5.74) is 0. The second kappa shape index (κ2) is 3.56. The van der Waals surface area contributed by atoms with Gasteiger partial charge in [-0.15, -0.1) is 0 Å². The minimum Gasteiger partial charge on any atom is -0.447 e. The molecule has 68 valence electrons. The summed E-state index contributed by atoms with van der Waals surface area (Å²) in [7, 11) is 0. The molecular formula is C8H13NO3. The number of hydrogen-bond acceptors (Lipinski definition) is 3. The highest BCUT2D eigenvalue weighted by molar-refractivity contribution is 5.73. The van der Waals surface area contributed by atoms with Gasteiger partial charge in [0.15, 0.2) is 0 Å². The van der Waals surface area contributed by atoms with Crippen molar-refractivity contribution in [1.29, 1.82) is 0 Å². The molecule has 0 radical (unpaired) electrons. The number of amides is 1. The van der Waals surface area contributed by atoms with E-state index < -0.39 is 0 Å². The zero-order valence-corrected chi connectivity index (χ0v) is 7.32. The van der Waals surface area contributed by atoms with Gasteiger partial charge in [0.2, 0.25) is 0 Å². The topological polar surface area (TPSA) is 46.6 Å². The first-order chi connectivity index (χ1) is 5.66. The fraction of sp³-hybridized carbons (Fsp3) is 0.750. The molecule has 1 aliphatic rings. The Morgan fingerprint density at radius 1 is 1.75 bits per heavy atom. The predicted octanol–water partition coefficient (Wildman–Crippen LogP) is 0.662. The van der Waals surface area contributed by atoms with Crippen molar-refractivity contribution in [3.05, 3.63) is 0 Å². The van der Waals surface area contributed by atoms with Gasteiger partial charge in [-0.1, -0.05) is 13.8 Å². The zero-order chi connectivity index (χ0) is 9.14. The van der Waals surface area contributed by atoms with E-state index in [1.165, 1.54) is 4.90 Å². The number of aldehydes is 1. The van der Waals surface area contributed by atoms with E-state index in [-0.39, 0.29) is 18.7 Å². The molecule has 0 aromatic carbocycles. The van der Waals surface area contributed by atoms with Crippen LogP contribution in [-0.2, 0) is 9.53 Å². The molecule has 1 rings (SSSR count). The lowest BCUT2D eigenvalue weighted by molar-refractivity contribution is -0.108. The summed E-state index contributed by atoms with van der Waals surface area (Å²) in [4.78, 5) is 22.7. The van der Waals surface area contributed by atoms with Gasteiger partial charge >= 0.3 is 6.09 Å². The average molecular weight is 171 g/mol. The number of rotatable bonds is 3. The minimum atomic E-state index is -0.374. The first-order valence-electron chi connectivity index (χ1n) is 4.04. The van der Waals surface area contributed by atoms with E-state index in [4.69, 9.17) is 4.74 Å². The van der Waals surface area contributed by atoms with Gasteiger partial charge in [0, 0.05) is 0 Å². The Hall–Kier alpha value is -1.06. The SMILES string of the molecule is CC(C)[C@H]1COC(=O)N1CC=O. The van der Waals surface area contributed by atoms with Crippen LogP contribution in [0.15, 0.2) is 0 Å². The highest BCUT2D eigenvalue weighted by atomic mass is 16.6. The lowest BCUT2D eigenvalue weighted by Crippen LogP contribution is -2.38. The summed E-state index contributed by atoms with van der Waals surface area (Å²) in [6.45, 7) is 4.56. The maximum absolute atomic E-state index is 11.0. The second-order valence-corrected chi connectivity index (χ2v) is 3.21. The van der Waals surface area contributed by atoms with E-state index >= 15 is 0 Å². The largest absolute Gasteiger partial charge is 0.447 e. The maximum atomic E-state index is 11.0. The number of hydrogen-bond donors (Lipinski definition) is 0. The van der Waals surface area contributed by atoms with Crippen molar-refractivity contribution in [2.75, 3.05) is 13.2 Å². The molecule has 0 aliphatic carbocycles. The van der Waals surface area contributed by atoms with Crippen LogP contribution in [0.3, 0.4) is 0 Å². The van der Waals surface area contributed by atoms with E-state index in [9.17, 15) is 9.59 Å². The normalized spacial score (nSPS) is 23.1. The van der Waals surface area contributed by atoms with Crippen LogP contribution in [0.25, 0.3) is 0 Å². The highest BCUT2D eigenvalue weighted by Crippen LogP contribution is 2.18. The summed E-state index contributed by atoms with van der Waals surface area (Å²) in [5.74, 6) is 0.330. The van der Waals surface area contributed by atoms with Gasteiger partial charge in [-0.05, 0) is 5.92 Å². The van der Waals surface area contributed by atoms with Crippen molar-refractivity contribution >= 4 is 12.4 Å². The molecule has 0 aromatic rings. The van der Waals surface area contributed by atoms with Crippen molar-refractivity contribution in [3.8, 4) is 0 Å². The third-order valence-electron chi connectivity index (χ3n) is 2.05. The van der Waals surface area contributed by atoms with Crippen LogP contribution < -0.4 is 0 Å². The fourth-order valence-corrected chi connectivity index (χ4v) is 1.31. The minimum absolute atomic E-state index is 0.0581. The molecule has 0 saturated carbocycles. The molecule has 0 aromatic heterocycles. The Kier molecular flexibility index (Phi) is 2.68. The van der Waals surface area contributed by atoms with Crippen molar-refractivity contribution in [3.63, 3.8) is 0 Å². The lowest BCUT2D eigenvalue weighted by atomic mass is 10.1. The van der Waals surface area contributed by atoms with Gasteiger partial charge in [-0.25, -0.2) is 4.79 Å². The van der Waals surface area contributed by atoms with Crippen molar-refractivity contribution < 1.29 is 14.3 Å². The Labute approximate surface area is 71.5 Å². The third-order valence-corrected chi connectivity index (χ3v) is 2.05. The zero-order valence-electron chi connectivity index (χ0n) is 7.32. The summed E-state index contributed by atoms with van der Waals surface area (Å²) < 4.78 is 4.82. The monoisotopic (exact) mass is 171 g/mol. The summed E-state index contributed by atoms with van der Waals surface area (Å²) in [6.07, 6.45) is 0.350. The van der Waals surface area contributed by atoms with Gasteiger partial charge in [0.1, 0.15) is 12.9 Å². The molecule has 1 aliphatic heterocycles. The predicted molar refractivity (Wildman–Crippen MR) is 42.7 cm³/mol. The molecule has 1 amide bonds. The number of carbonyl (C=O) groups excluding carboxylic acids is 2. The van der Waals surface area contributed by atoms with Crippen molar-refractivity contribution in [2.45, 2.75) is 19.9 Å². The van der Waals surface area contributed by atoms with Crippen LogP contribution in [0.5, 0.6) is 0 Å². The first-order valence-corrected chi connectivity index (χ1v) is 4.04. The van der Waals surface area contributed by atoms with Crippen LogP contribution in [0.1, 0.15) is 13.8 Å². The van der Waals surface area contributed by atoms with Crippen LogP contribution in [0, 0.1) is 5.92 Å². The number of ether oxygens (including phenoxy) is 1. The lowest BCUT2D eigenvalue weighted by Gasteiger charge is -2.21.